The molecule has 1 rings (SSSR count). The highest BCUT2D eigenvalue weighted by Gasteiger charge is 2.05. The van der Waals surface area contributed by atoms with Gasteiger partial charge in [0.25, 0.3) is 0 Å². The number of rotatable bonds is 9. The van der Waals surface area contributed by atoms with Gasteiger partial charge >= 0.3 is 0 Å². The third-order valence-electron chi connectivity index (χ3n) is 3.35. The molecule has 21 heavy (non-hydrogen) atoms. The highest BCUT2D eigenvalue weighted by molar-refractivity contribution is 5.91. The van der Waals surface area contributed by atoms with E-state index in [2.05, 4.69) is 12.2 Å². The Labute approximate surface area is 125 Å². The molecular formula is C16H24N2O3. The van der Waals surface area contributed by atoms with Gasteiger partial charge in [-0.25, -0.2) is 5.48 Å². The number of para-hydroxylation sites is 1. The molecule has 2 amide bonds. The Bertz CT molecular complexity index is 461. The Hall–Kier alpha value is -1.88. The van der Waals surface area contributed by atoms with E-state index in [-0.39, 0.29) is 11.8 Å². The maximum Gasteiger partial charge on any atom is 0.243 e. The first-order valence-electron chi connectivity index (χ1n) is 7.48. The van der Waals surface area contributed by atoms with Crippen molar-refractivity contribution in [1.82, 2.24) is 5.48 Å². The van der Waals surface area contributed by atoms with Crippen LogP contribution in [-0.2, 0) is 16.0 Å². The lowest BCUT2D eigenvalue weighted by atomic mass is 10.1. The second-order valence-corrected chi connectivity index (χ2v) is 5.01. The molecule has 0 unspecified atom stereocenters. The van der Waals surface area contributed by atoms with Crippen LogP contribution in [0.15, 0.2) is 24.3 Å². The fraction of sp³-hybridized carbons (Fsp3) is 0.500. The van der Waals surface area contributed by atoms with E-state index in [1.807, 2.05) is 24.3 Å². The molecular weight excluding hydrogens is 268 g/mol. The summed E-state index contributed by atoms with van der Waals surface area (Å²) in [6.07, 6.45) is 5.03. The predicted molar refractivity (Wildman–Crippen MR) is 82.1 cm³/mol. The lowest BCUT2D eigenvalue weighted by molar-refractivity contribution is -0.129. The molecule has 1 aromatic rings. The summed E-state index contributed by atoms with van der Waals surface area (Å²) in [6.45, 7) is 2.06. The fourth-order valence-electron chi connectivity index (χ4n) is 2.14. The summed E-state index contributed by atoms with van der Waals surface area (Å²) in [7, 11) is 0. The van der Waals surface area contributed by atoms with Gasteiger partial charge in [0.05, 0.1) is 0 Å². The normalized spacial score (nSPS) is 10.2. The average molecular weight is 292 g/mol. The molecule has 0 atom stereocenters. The van der Waals surface area contributed by atoms with Crippen LogP contribution in [0.2, 0.25) is 0 Å². The number of hydroxylamine groups is 1. The number of benzene rings is 1. The first-order valence-corrected chi connectivity index (χ1v) is 7.48. The zero-order chi connectivity index (χ0) is 15.5. The van der Waals surface area contributed by atoms with Crippen LogP contribution in [0.4, 0.5) is 5.69 Å². The highest BCUT2D eigenvalue weighted by atomic mass is 16.5. The summed E-state index contributed by atoms with van der Waals surface area (Å²) in [5.74, 6) is -0.326. The van der Waals surface area contributed by atoms with E-state index in [4.69, 9.17) is 5.21 Å². The Morgan fingerprint density at radius 2 is 1.62 bits per heavy atom. The van der Waals surface area contributed by atoms with E-state index in [9.17, 15) is 9.59 Å². The van der Waals surface area contributed by atoms with Gasteiger partial charge in [-0.2, -0.15) is 0 Å². The number of anilines is 1. The minimum absolute atomic E-state index is 0.0315. The van der Waals surface area contributed by atoms with Gasteiger partial charge in [-0.05, 0) is 30.9 Å². The van der Waals surface area contributed by atoms with Crippen molar-refractivity contribution in [2.24, 2.45) is 0 Å². The lowest BCUT2D eigenvalue weighted by Gasteiger charge is -2.09. The van der Waals surface area contributed by atoms with Gasteiger partial charge in [-0.1, -0.05) is 38.0 Å². The number of carbonyl (C=O) groups excluding carboxylic acids is 2. The summed E-state index contributed by atoms with van der Waals surface area (Å²) in [5.41, 5.74) is 3.64. The van der Waals surface area contributed by atoms with Crippen molar-refractivity contribution in [2.45, 2.75) is 51.9 Å². The van der Waals surface area contributed by atoms with Crippen molar-refractivity contribution >= 4 is 17.5 Å². The smallest absolute Gasteiger partial charge is 0.243 e. The minimum Gasteiger partial charge on any atom is -0.326 e. The first-order chi connectivity index (χ1) is 10.2. The fourth-order valence-corrected chi connectivity index (χ4v) is 2.14. The molecule has 0 spiro atoms. The maximum absolute atomic E-state index is 11.9. The van der Waals surface area contributed by atoms with Crippen LogP contribution in [0.5, 0.6) is 0 Å². The molecule has 0 aliphatic rings. The van der Waals surface area contributed by atoms with Crippen LogP contribution >= 0.6 is 0 Å². The standard InChI is InChI=1S/C16H24N2O3/c1-2-13-9-7-8-10-14(13)17-15(19)11-5-3-4-6-12-16(20)18-21/h7-10,21H,2-6,11-12H2,1H3,(H,17,19)(H,18,20). The van der Waals surface area contributed by atoms with Crippen LogP contribution in [-0.4, -0.2) is 17.0 Å². The number of unbranched alkanes of at least 4 members (excludes halogenated alkanes) is 3. The molecule has 116 valence electrons. The van der Waals surface area contributed by atoms with Crippen molar-refractivity contribution in [2.75, 3.05) is 5.32 Å². The summed E-state index contributed by atoms with van der Waals surface area (Å²) in [6, 6.07) is 7.82. The van der Waals surface area contributed by atoms with Gasteiger partial charge in [-0.15, -0.1) is 0 Å². The van der Waals surface area contributed by atoms with Crippen molar-refractivity contribution in [1.29, 1.82) is 0 Å². The van der Waals surface area contributed by atoms with Gasteiger partial charge in [-0.3, -0.25) is 14.8 Å². The van der Waals surface area contributed by atoms with Crippen LogP contribution in [0, 0.1) is 0 Å². The predicted octanol–water partition coefficient (Wildman–Crippen LogP) is 3.03. The van der Waals surface area contributed by atoms with Gasteiger partial charge in [0.1, 0.15) is 0 Å². The molecule has 5 heteroatoms. The van der Waals surface area contributed by atoms with E-state index in [0.717, 1.165) is 43.4 Å². The first kappa shape index (κ1) is 17.2. The molecule has 0 saturated heterocycles. The zero-order valence-electron chi connectivity index (χ0n) is 12.5. The van der Waals surface area contributed by atoms with Gasteiger partial charge < -0.3 is 5.32 Å². The Morgan fingerprint density at radius 1 is 1.00 bits per heavy atom. The number of hydrogen-bond donors (Lipinski definition) is 3. The van der Waals surface area contributed by atoms with Crippen molar-refractivity contribution in [3.8, 4) is 0 Å². The average Bonchev–Trinajstić information content (AvgIpc) is 2.50. The third-order valence-corrected chi connectivity index (χ3v) is 3.35. The minimum atomic E-state index is -0.357. The second-order valence-electron chi connectivity index (χ2n) is 5.01. The van der Waals surface area contributed by atoms with E-state index in [1.54, 1.807) is 5.48 Å². The molecule has 0 aliphatic carbocycles. The van der Waals surface area contributed by atoms with Crippen LogP contribution in [0.25, 0.3) is 0 Å². The van der Waals surface area contributed by atoms with E-state index in [1.165, 1.54) is 0 Å². The number of amides is 2. The van der Waals surface area contributed by atoms with Crippen molar-refractivity contribution < 1.29 is 14.8 Å². The molecule has 1 aromatic carbocycles. The lowest BCUT2D eigenvalue weighted by Crippen LogP contribution is -2.17. The highest BCUT2D eigenvalue weighted by Crippen LogP contribution is 2.16. The van der Waals surface area contributed by atoms with Gasteiger partial charge in [0.15, 0.2) is 0 Å². The van der Waals surface area contributed by atoms with Gasteiger partial charge in [0, 0.05) is 18.5 Å². The number of nitrogens with one attached hydrogen (secondary N) is 2. The molecule has 3 N–H and O–H groups in total. The summed E-state index contributed by atoms with van der Waals surface area (Å²) >= 11 is 0. The van der Waals surface area contributed by atoms with Crippen LogP contribution in [0.3, 0.4) is 0 Å². The van der Waals surface area contributed by atoms with E-state index < -0.39 is 0 Å². The van der Waals surface area contributed by atoms with E-state index in [0.29, 0.717) is 12.8 Å². The Balaban J connectivity index is 2.18. The Kier molecular flexibility index (Phi) is 8.12. The summed E-state index contributed by atoms with van der Waals surface area (Å²) in [5, 5.41) is 11.3. The monoisotopic (exact) mass is 292 g/mol. The largest absolute Gasteiger partial charge is 0.326 e. The molecule has 0 heterocycles. The molecule has 0 radical (unpaired) electrons. The molecule has 0 aromatic heterocycles. The van der Waals surface area contributed by atoms with Crippen molar-refractivity contribution in [3.05, 3.63) is 29.8 Å². The second kappa shape index (κ2) is 9.94. The van der Waals surface area contributed by atoms with Crippen molar-refractivity contribution in [3.63, 3.8) is 0 Å². The number of aryl methyl sites for hydroxylation is 1. The summed E-state index contributed by atoms with van der Waals surface area (Å²) in [4.78, 5) is 22.7. The topological polar surface area (TPSA) is 78.4 Å². The maximum atomic E-state index is 11.9. The molecule has 0 saturated carbocycles. The van der Waals surface area contributed by atoms with Crippen LogP contribution in [0.1, 0.15) is 51.0 Å². The van der Waals surface area contributed by atoms with E-state index >= 15 is 0 Å². The molecule has 0 aliphatic heterocycles. The molecule has 5 nitrogen and oxygen atoms in total. The quantitative estimate of drug-likeness (QED) is 0.372. The van der Waals surface area contributed by atoms with Gasteiger partial charge in [0.2, 0.25) is 11.8 Å². The van der Waals surface area contributed by atoms with Crippen LogP contribution < -0.4 is 10.8 Å². The summed E-state index contributed by atoms with van der Waals surface area (Å²) < 4.78 is 0. The molecule has 0 bridgehead atoms. The molecule has 0 fully saturated rings. The number of carbonyl (C=O) groups is 2. The SMILES string of the molecule is CCc1ccccc1NC(=O)CCCCCCC(=O)NO. The Morgan fingerprint density at radius 3 is 2.24 bits per heavy atom. The number of hydrogen-bond acceptors (Lipinski definition) is 3. The zero-order valence-corrected chi connectivity index (χ0v) is 12.5. The third kappa shape index (κ3) is 6.90.